The van der Waals surface area contributed by atoms with E-state index in [1.807, 2.05) is 0 Å². The standard InChI is InChI=1S/C22H30N8O3/c31-19-10-9-17(15-18(19)30(32)33)16-23-27-20-24-21(28-11-5-1-2-6-12-28)26-22(25-20)29-13-7-3-4-8-14-29/h9-10,15-16,31H,1-8,11-14H2,(H,24,25,26,27). The second-order valence-electron chi connectivity index (χ2n) is 8.44. The van der Waals surface area contributed by atoms with Crippen molar-refractivity contribution >= 4 is 29.7 Å². The monoisotopic (exact) mass is 454 g/mol. The molecule has 0 spiro atoms. The maximum atomic E-state index is 11.0. The number of hydrogen-bond acceptors (Lipinski definition) is 10. The highest BCUT2D eigenvalue weighted by Gasteiger charge is 2.19. The summed E-state index contributed by atoms with van der Waals surface area (Å²) >= 11 is 0. The zero-order valence-electron chi connectivity index (χ0n) is 18.7. The van der Waals surface area contributed by atoms with Crippen molar-refractivity contribution in [2.24, 2.45) is 5.10 Å². The second kappa shape index (κ2) is 10.9. The van der Waals surface area contributed by atoms with Gasteiger partial charge in [0.2, 0.25) is 17.8 Å². The van der Waals surface area contributed by atoms with Crippen LogP contribution in [0.5, 0.6) is 5.75 Å². The lowest BCUT2D eigenvalue weighted by atomic mass is 10.2. The zero-order chi connectivity index (χ0) is 23.0. The summed E-state index contributed by atoms with van der Waals surface area (Å²) in [4.78, 5) is 28.9. The van der Waals surface area contributed by atoms with E-state index >= 15 is 0 Å². The van der Waals surface area contributed by atoms with Crippen LogP contribution >= 0.6 is 0 Å². The molecule has 2 aliphatic heterocycles. The quantitative estimate of drug-likeness (QED) is 0.381. The number of rotatable bonds is 6. The Morgan fingerprint density at radius 1 is 0.909 bits per heavy atom. The number of anilines is 3. The molecule has 2 N–H and O–H groups in total. The Kier molecular flexibility index (Phi) is 7.48. The SMILES string of the molecule is O=[N+]([O-])c1cc(C=NNc2nc(N3CCCCCC3)nc(N3CCCCCC3)n2)ccc1O. The zero-order valence-corrected chi connectivity index (χ0v) is 18.7. The first-order valence-electron chi connectivity index (χ1n) is 11.6. The van der Waals surface area contributed by atoms with Gasteiger partial charge in [0.15, 0.2) is 5.75 Å². The Labute approximate surface area is 192 Å². The van der Waals surface area contributed by atoms with Gasteiger partial charge in [-0.25, -0.2) is 5.43 Å². The molecule has 4 rings (SSSR count). The van der Waals surface area contributed by atoms with Crippen LogP contribution in [0.15, 0.2) is 23.3 Å². The lowest BCUT2D eigenvalue weighted by Crippen LogP contribution is -2.30. The van der Waals surface area contributed by atoms with E-state index in [0.29, 0.717) is 23.4 Å². The van der Waals surface area contributed by atoms with Crippen molar-refractivity contribution in [2.45, 2.75) is 51.4 Å². The van der Waals surface area contributed by atoms with E-state index in [0.717, 1.165) is 51.9 Å². The van der Waals surface area contributed by atoms with Crippen LogP contribution in [0.25, 0.3) is 0 Å². The smallest absolute Gasteiger partial charge is 0.311 e. The predicted octanol–water partition coefficient (Wildman–Crippen LogP) is 3.69. The Morgan fingerprint density at radius 3 is 1.97 bits per heavy atom. The third-order valence-corrected chi connectivity index (χ3v) is 5.96. The molecule has 2 saturated heterocycles. The van der Waals surface area contributed by atoms with Gasteiger partial charge in [-0.1, -0.05) is 25.7 Å². The van der Waals surface area contributed by atoms with Gasteiger partial charge < -0.3 is 14.9 Å². The first kappa shape index (κ1) is 22.7. The highest BCUT2D eigenvalue weighted by molar-refractivity contribution is 5.81. The second-order valence-corrected chi connectivity index (χ2v) is 8.44. The van der Waals surface area contributed by atoms with E-state index in [4.69, 9.17) is 4.98 Å². The lowest BCUT2D eigenvalue weighted by molar-refractivity contribution is -0.385. The number of hydrogen-bond donors (Lipinski definition) is 2. The van der Waals surface area contributed by atoms with Gasteiger partial charge in [-0.15, -0.1) is 0 Å². The van der Waals surface area contributed by atoms with Gasteiger partial charge in [-0.2, -0.15) is 20.1 Å². The molecular weight excluding hydrogens is 424 g/mol. The summed E-state index contributed by atoms with van der Waals surface area (Å²) in [5, 5.41) is 24.8. The van der Waals surface area contributed by atoms with Crippen LogP contribution < -0.4 is 15.2 Å². The molecular formula is C22H30N8O3. The Balaban J connectivity index is 1.57. The summed E-state index contributed by atoms with van der Waals surface area (Å²) in [5.41, 5.74) is 2.97. The number of aromatic nitrogens is 3. The molecule has 0 bridgehead atoms. The summed E-state index contributed by atoms with van der Waals surface area (Å²) in [7, 11) is 0. The highest BCUT2D eigenvalue weighted by atomic mass is 16.6. The Hall–Kier alpha value is -3.50. The summed E-state index contributed by atoms with van der Waals surface area (Å²) in [6, 6.07) is 4.09. The van der Waals surface area contributed by atoms with Gasteiger partial charge in [-0.3, -0.25) is 10.1 Å². The topological polar surface area (TPSA) is 133 Å². The third-order valence-electron chi connectivity index (χ3n) is 5.96. The lowest BCUT2D eigenvalue weighted by Gasteiger charge is -2.24. The molecule has 0 unspecified atom stereocenters. The molecule has 3 heterocycles. The fourth-order valence-corrected chi connectivity index (χ4v) is 4.16. The molecule has 2 aromatic rings. The van der Waals surface area contributed by atoms with Crippen molar-refractivity contribution in [3.63, 3.8) is 0 Å². The molecule has 0 saturated carbocycles. The number of phenolic OH excluding ortho intramolecular Hbond substituents is 1. The van der Waals surface area contributed by atoms with E-state index in [-0.39, 0.29) is 11.4 Å². The van der Waals surface area contributed by atoms with Crippen molar-refractivity contribution in [1.82, 2.24) is 15.0 Å². The normalized spacial score (nSPS) is 17.6. The fraction of sp³-hybridized carbons (Fsp3) is 0.545. The van der Waals surface area contributed by atoms with Crippen molar-refractivity contribution in [2.75, 3.05) is 41.4 Å². The largest absolute Gasteiger partial charge is 0.502 e. The molecule has 0 radical (unpaired) electrons. The van der Waals surface area contributed by atoms with Crippen LogP contribution in [-0.2, 0) is 0 Å². The number of phenols is 1. The summed E-state index contributed by atoms with van der Waals surface area (Å²) in [6.45, 7) is 3.68. The molecule has 176 valence electrons. The van der Waals surface area contributed by atoms with Gasteiger partial charge >= 0.3 is 5.69 Å². The van der Waals surface area contributed by atoms with Crippen molar-refractivity contribution in [1.29, 1.82) is 0 Å². The molecule has 1 aromatic carbocycles. The van der Waals surface area contributed by atoms with Crippen LogP contribution in [0.1, 0.15) is 56.9 Å². The van der Waals surface area contributed by atoms with Crippen LogP contribution in [0.4, 0.5) is 23.5 Å². The number of aromatic hydroxyl groups is 1. The van der Waals surface area contributed by atoms with E-state index in [2.05, 4.69) is 30.3 Å². The van der Waals surface area contributed by atoms with E-state index in [1.54, 1.807) is 6.07 Å². The predicted molar refractivity (Wildman–Crippen MR) is 127 cm³/mol. The van der Waals surface area contributed by atoms with Crippen LogP contribution in [0.3, 0.4) is 0 Å². The summed E-state index contributed by atoms with van der Waals surface area (Å²) in [6.07, 6.45) is 10.8. The number of nitro benzene ring substituents is 1. The molecule has 11 heteroatoms. The molecule has 0 amide bonds. The van der Waals surface area contributed by atoms with E-state index in [1.165, 1.54) is 44.0 Å². The van der Waals surface area contributed by atoms with Crippen molar-refractivity contribution in [3.05, 3.63) is 33.9 Å². The molecule has 33 heavy (non-hydrogen) atoms. The minimum Gasteiger partial charge on any atom is -0.502 e. The maximum Gasteiger partial charge on any atom is 0.311 e. The molecule has 0 aliphatic carbocycles. The number of hydrazone groups is 1. The molecule has 0 atom stereocenters. The van der Waals surface area contributed by atoms with Gasteiger partial charge in [0.25, 0.3) is 0 Å². The van der Waals surface area contributed by atoms with Gasteiger partial charge in [-0.05, 0) is 37.8 Å². The Morgan fingerprint density at radius 2 is 1.45 bits per heavy atom. The first-order chi connectivity index (χ1) is 16.1. The van der Waals surface area contributed by atoms with Gasteiger partial charge in [0.05, 0.1) is 11.1 Å². The number of nitrogens with zero attached hydrogens (tertiary/aromatic N) is 7. The average molecular weight is 455 g/mol. The molecule has 1 aromatic heterocycles. The van der Waals surface area contributed by atoms with Crippen LogP contribution in [-0.4, -0.2) is 57.4 Å². The fourth-order valence-electron chi connectivity index (χ4n) is 4.16. The van der Waals surface area contributed by atoms with Crippen molar-refractivity contribution < 1.29 is 10.0 Å². The summed E-state index contributed by atoms with van der Waals surface area (Å²) in [5.74, 6) is 1.27. The number of nitro groups is 1. The van der Waals surface area contributed by atoms with Crippen LogP contribution in [0.2, 0.25) is 0 Å². The van der Waals surface area contributed by atoms with Crippen LogP contribution in [0, 0.1) is 10.1 Å². The highest BCUT2D eigenvalue weighted by Crippen LogP contribution is 2.26. The first-order valence-corrected chi connectivity index (χ1v) is 11.6. The minimum absolute atomic E-state index is 0.341. The van der Waals surface area contributed by atoms with Gasteiger partial charge in [0, 0.05) is 37.8 Å². The molecule has 2 fully saturated rings. The van der Waals surface area contributed by atoms with E-state index in [9.17, 15) is 15.2 Å². The molecule has 11 nitrogen and oxygen atoms in total. The minimum atomic E-state index is -0.632. The van der Waals surface area contributed by atoms with E-state index < -0.39 is 4.92 Å². The maximum absolute atomic E-state index is 11.0. The van der Waals surface area contributed by atoms with Gasteiger partial charge in [0.1, 0.15) is 0 Å². The Bertz CT molecular complexity index is 945. The number of benzene rings is 1. The third kappa shape index (κ3) is 6.05. The summed E-state index contributed by atoms with van der Waals surface area (Å²) < 4.78 is 0. The average Bonchev–Trinajstić information content (AvgIpc) is 3.25. The molecule has 2 aliphatic rings. The van der Waals surface area contributed by atoms with Crippen molar-refractivity contribution in [3.8, 4) is 5.75 Å². The number of nitrogens with one attached hydrogen (secondary N) is 1.